The van der Waals surface area contributed by atoms with Gasteiger partial charge in [0.25, 0.3) is 0 Å². The first kappa shape index (κ1) is 13.1. The molecule has 0 heterocycles. The maximum Gasteiger partial charge on any atom is 0.154 e. The highest BCUT2D eigenvalue weighted by Crippen LogP contribution is 2.13. The van der Waals surface area contributed by atoms with Gasteiger partial charge in [-0.1, -0.05) is 43.4 Å². The molecule has 0 bridgehead atoms. The zero-order chi connectivity index (χ0) is 12.2. The standard InChI is InChI=1S/C11H15NO2S2/c1-2-7-16(13,14)8-9-5-3-4-6-10(9)11(12)15/h3-6H,2,7-8H2,1H3,(H2,12,15). The van der Waals surface area contributed by atoms with E-state index in [0.29, 0.717) is 17.5 Å². The van der Waals surface area contributed by atoms with Gasteiger partial charge in [-0.3, -0.25) is 0 Å². The summed E-state index contributed by atoms with van der Waals surface area (Å²) in [6.07, 6.45) is 0.623. The van der Waals surface area contributed by atoms with Crippen LogP contribution in [0.2, 0.25) is 0 Å². The fourth-order valence-electron chi connectivity index (χ4n) is 1.51. The molecule has 5 heteroatoms. The maximum absolute atomic E-state index is 11.7. The summed E-state index contributed by atoms with van der Waals surface area (Å²) in [5.74, 6) is 0.201. The van der Waals surface area contributed by atoms with Crippen LogP contribution in [0.15, 0.2) is 24.3 Å². The van der Waals surface area contributed by atoms with Crippen molar-refractivity contribution in [1.82, 2.24) is 0 Å². The van der Waals surface area contributed by atoms with E-state index in [2.05, 4.69) is 0 Å². The molecule has 0 saturated carbocycles. The number of sulfone groups is 1. The molecule has 1 aromatic carbocycles. The van der Waals surface area contributed by atoms with Crippen LogP contribution in [0.3, 0.4) is 0 Å². The van der Waals surface area contributed by atoms with Crippen LogP contribution in [0.1, 0.15) is 24.5 Å². The molecule has 0 atom stereocenters. The van der Waals surface area contributed by atoms with Gasteiger partial charge in [0, 0.05) is 5.56 Å². The van der Waals surface area contributed by atoms with Crippen LogP contribution in [0.25, 0.3) is 0 Å². The third-order valence-electron chi connectivity index (χ3n) is 2.17. The second-order valence-electron chi connectivity index (χ2n) is 3.61. The Labute approximate surface area is 102 Å². The van der Waals surface area contributed by atoms with Crippen LogP contribution in [0.5, 0.6) is 0 Å². The van der Waals surface area contributed by atoms with Crippen LogP contribution in [0.4, 0.5) is 0 Å². The Morgan fingerprint density at radius 1 is 1.38 bits per heavy atom. The summed E-state index contributed by atoms with van der Waals surface area (Å²) in [5.41, 5.74) is 6.88. The molecule has 0 amide bonds. The molecule has 0 fully saturated rings. The lowest BCUT2D eigenvalue weighted by Crippen LogP contribution is -2.16. The summed E-state index contributed by atoms with van der Waals surface area (Å²) in [6.45, 7) is 1.84. The number of benzene rings is 1. The lowest BCUT2D eigenvalue weighted by Gasteiger charge is -2.08. The zero-order valence-electron chi connectivity index (χ0n) is 9.14. The first-order valence-corrected chi connectivity index (χ1v) is 7.27. The normalized spacial score (nSPS) is 11.3. The van der Waals surface area contributed by atoms with Crippen molar-refractivity contribution in [3.8, 4) is 0 Å². The van der Waals surface area contributed by atoms with Gasteiger partial charge in [0.2, 0.25) is 0 Å². The predicted molar refractivity (Wildman–Crippen MR) is 70.1 cm³/mol. The van der Waals surface area contributed by atoms with Crippen molar-refractivity contribution in [2.75, 3.05) is 5.75 Å². The molecule has 0 aromatic heterocycles. The summed E-state index contributed by atoms with van der Waals surface area (Å²) < 4.78 is 23.4. The predicted octanol–water partition coefficient (Wildman–Crippen LogP) is 1.65. The van der Waals surface area contributed by atoms with Crippen LogP contribution in [-0.2, 0) is 15.6 Å². The minimum Gasteiger partial charge on any atom is -0.389 e. The van der Waals surface area contributed by atoms with Crippen molar-refractivity contribution >= 4 is 27.0 Å². The molecule has 0 aliphatic carbocycles. The molecule has 2 N–H and O–H groups in total. The first-order valence-electron chi connectivity index (χ1n) is 5.04. The van der Waals surface area contributed by atoms with Crippen molar-refractivity contribution in [2.24, 2.45) is 5.73 Å². The van der Waals surface area contributed by atoms with Crippen molar-refractivity contribution in [3.05, 3.63) is 35.4 Å². The maximum atomic E-state index is 11.7. The second-order valence-corrected chi connectivity index (χ2v) is 6.24. The second kappa shape index (κ2) is 5.41. The fraction of sp³-hybridized carbons (Fsp3) is 0.364. The first-order chi connectivity index (χ1) is 7.46. The Bertz CT molecular complexity index is 481. The van der Waals surface area contributed by atoms with Crippen LogP contribution < -0.4 is 5.73 Å². The molecule has 0 aliphatic rings. The number of rotatable bonds is 5. The van der Waals surface area contributed by atoms with Crippen molar-refractivity contribution < 1.29 is 8.42 Å². The average Bonchev–Trinajstić information content (AvgIpc) is 2.17. The van der Waals surface area contributed by atoms with Gasteiger partial charge in [0.05, 0.1) is 11.5 Å². The SMILES string of the molecule is CCCS(=O)(=O)Cc1ccccc1C(N)=S. The Kier molecular flexibility index (Phi) is 4.44. The van der Waals surface area contributed by atoms with Crippen molar-refractivity contribution in [2.45, 2.75) is 19.1 Å². The molecule has 1 aromatic rings. The van der Waals surface area contributed by atoms with Gasteiger partial charge in [-0.15, -0.1) is 0 Å². The van der Waals surface area contributed by atoms with E-state index in [4.69, 9.17) is 18.0 Å². The number of thiocarbonyl (C=S) groups is 1. The number of hydrogen-bond acceptors (Lipinski definition) is 3. The van der Waals surface area contributed by atoms with Gasteiger partial charge >= 0.3 is 0 Å². The minimum atomic E-state index is -3.06. The summed E-state index contributed by atoms with van der Waals surface area (Å²) in [6, 6.07) is 7.09. The van der Waals surface area contributed by atoms with E-state index in [0.717, 1.165) is 0 Å². The van der Waals surface area contributed by atoms with Crippen LogP contribution >= 0.6 is 12.2 Å². The van der Waals surface area contributed by atoms with E-state index < -0.39 is 9.84 Å². The average molecular weight is 257 g/mol. The smallest absolute Gasteiger partial charge is 0.154 e. The van der Waals surface area contributed by atoms with Gasteiger partial charge in [0.15, 0.2) is 9.84 Å². The topological polar surface area (TPSA) is 60.2 Å². The molecule has 0 aliphatic heterocycles. The third-order valence-corrected chi connectivity index (χ3v) is 4.17. The largest absolute Gasteiger partial charge is 0.389 e. The molecule has 3 nitrogen and oxygen atoms in total. The van der Waals surface area contributed by atoms with E-state index in [-0.39, 0.29) is 16.5 Å². The van der Waals surface area contributed by atoms with E-state index in [1.54, 1.807) is 24.3 Å². The summed E-state index contributed by atoms with van der Waals surface area (Å²) >= 11 is 4.89. The molecule has 0 saturated heterocycles. The quantitative estimate of drug-likeness (QED) is 0.815. The summed E-state index contributed by atoms with van der Waals surface area (Å²) in [5, 5.41) is 0. The molecule has 1 rings (SSSR count). The molecule has 0 radical (unpaired) electrons. The fourth-order valence-corrected chi connectivity index (χ4v) is 3.20. The highest BCUT2D eigenvalue weighted by Gasteiger charge is 2.14. The zero-order valence-corrected chi connectivity index (χ0v) is 10.8. The van der Waals surface area contributed by atoms with Gasteiger partial charge in [-0.05, 0) is 12.0 Å². The lowest BCUT2D eigenvalue weighted by molar-refractivity contribution is 0.594. The Morgan fingerprint density at radius 3 is 2.56 bits per heavy atom. The van der Waals surface area contributed by atoms with Gasteiger partial charge in [-0.2, -0.15) is 0 Å². The highest BCUT2D eigenvalue weighted by atomic mass is 32.2. The summed E-state index contributed by atoms with van der Waals surface area (Å²) in [7, 11) is -3.06. The molecule has 16 heavy (non-hydrogen) atoms. The van der Waals surface area contributed by atoms with Gasteiger partial charge in [-0.25, -0.2) is 8.42 Å². The van der Waals surface area contributed by atoms with E-state index in [9.17, 15) is 8.42 Å². The molecular weight excluding hydrogens is 242 g/mol. The lowest BCUT2D eigenvalue weighted by atomic mass is 10.1. The van der Waals surface area contributed by atoms with E-state index in [1.807, 2.05) is 6.92 Å². The van der Waals surface area contributed by atoms with Crippen LogP contribution in [-0.4, -0.2) is 19.2 Å². The van der Waals surface area contributed by atoms with E-state index >= 15 is 0 Å². The van der Waals surface area contributed by atoms with Crippen molar-refractivity contribution in [1.29, 1.82) is 0 Å². The van der Waals surface area contributed by atoms with E-state index in [1.165, 1.54) is 0 Å². The highest BCUT2D eigenvalue weighted by molar-refractivity contribution is 7.90. The molecular formula is C11H15NO2S2. The Morgan fingerprint density at radius 2 is 2.00 bits per heavy atom. The molecule has 0 unspecified atom stereocenters. The molecule has 0 spiro atoms. The third kappa shape index (κ3) is 3.57. The minimum absolute atomic E-state index is 0.00829. The molecule has 88 valence electrons. The van der Waals surface area contributed by atoms with Gasteiger partial charge in [0.1, 0.15) is 4.99 Å². The van der Waals surface area contributed by atoms with Gasteiger partial charge < -0.3 is 5.73 Å². The van der Waals surface area contributed by atoms with Crippen LogP contribution in [0, 0.1) is 0 Å². The number of nitrogens with two attached hydrogens (primary N) is 1. The van der Waals surface area contributed by atoms with Crippen molar-refractivity contribution in [3.63, 3.8) is 0 Å². The monoisotopic (exact) mass is 257 g/mol. The Hall–Kier alpha value is -0.940. The number of hydrogen-bond donors (Lipinski definition) is 1. The summed E-state index contributed by atoms with van der Waals surface area (Å²) in [4.78, 5) is 0.238. The Balaban J connectivity index is 3.02.